The first-order chi connectivity index (χ1) is 10.9. The molecule has 1 atom stereocenters. The predicted molar refractivity (Wildman–Crippen MR) is 93.7 cm³/mol. The highest BCUT2D eigenvalue weighted by Crippen LogP contribution is 2.28. The van der Waals surface area contributed by atoms with E-state index in [2.05, 4.69) is 6.92 Å². The van der Waals surface area contributed by atoms with Gasteiger partial charge in [0.1, 0.15) is 0 Å². The van der Waals surface area contributed by atoms with Crippen molar-refractivity contribution in [2.45, 2.75) is 26.3 Å². The number of hydrogen-bond acceptors (Lipinski definition) is 5. The highest BCUT2D eigenvalue weighted by Gasteiger charge is 2.19. The van der Waals surface area contributed by atoms with Gasteiger partial charge in [-0.05, 0) is 37.8 Å². The number of hydrogen-bond donors (Lipinski definition) is 0. The number of ketones is 1. The van der Waals surface area contributed by atoms with E-state index in [-0.39, 0.29) is 24.3 Å². The molecule has 0 aliphatic rings. The third-order valence-electron chi connectivity index (χ3n) is 3.69. The number of carbonyl (C=O) groups excluding carboxylic acids is 2. The Morgan fingerprint density at radius 3 is 2.52 bits per heavy atom. The van der Waals surface area contributed by atoms with Gasteiger partial charge in [-0.15, -0.1) is 0 Å². The van der Waals surface area contributed by atoms with Gasteiger partial charge in [0.05, 0.1) is 7.11 Å². The van der Waals surface area contributed by atoms with Gasteiger partial charge < -0.3 is 14.4 Å². The van der Waals surface area contributed by atoms with E-state index >= 15 is 0 Å². The fourth-order valence-corrected chi connectivity index (χ4v) is 2.99. The molecular formula is C17H25NO4S. The fourth-order valence-electron chi connectivity index (χ4n) is 2.15. The van der Waals surface area contributed by atoms with E-state index in [1.807, 2.05) is 6.26 Å². The lowest BCUT2D eigenvalue weighted by Gasteiger charge is -2.26. The minimum Gasteiger partial charge on any atom is -0.493 e. The quantitative estimate of drug-likeness (QED) is 0.648. The molecule has 23 heavy (non-hydrogen) atoms. The summed E-state index contributed by atoms with van der Waals surface area (Å²) in [5, 5.41) is 0. The molecule has 0 saturated heterocycles. The average molecular weight is 339 g/mol. The van der Waals surface area contributed by atoms with Crippen molar-refractivity contribution in [1.29, 1.82) is 0 Å². The molecule has 1 aromatic rings. The molecule has 0 aliphatic heterocycles. The zero-order valence-corrected chi connectivity index (χ0v) is 15.2. The zero-order valence-electron chi connectivity index (χ0n) is 14.4. The van der Waals surface area contributed by atoms with Gasteiger partial charge in [0.25, 0.3) is 5.91 Å². The number of amides is 1. The maximum atomic E-state index is 12.3. The van der Waals surface area contributed by atoms with Crippen molar-refractivity contribution in [2.24, 2.45) is 0 Å². The Morgan fingerprint density at radius 2 is 2.00 bits per heavy atom. The highest BCUT2D eigenvalue weighted by molar-refractivity contribution is 7.98. The van der Waals surface area contributed by atoms with Gasteiger partial charge in [-0.2, -0.15) is 11.8 Å². The van der Waals surface area contributed by atoms with Gasteiger partial charge in [0.2, 0.25) is 0 Å². The van der Waals surface area contributed by atoms with Crippen LogP contribution in [0.4, 0.5) is 0 Å². The molecule has 0 aliphatic carbocycles. The van der Waals surface area contributed by atoms with E-state index in [9.17, 15) is 9.59 Å². The predicted octanol–water partition coefficient (Wildman–Crippen LogP) is 2.88. The number of nitrogens with zero attached hydrogens (tertiary/aromatic N) is 1. The summed E-state index contributed by atoms with van der Waals surface area (Å²) in [7, 11) is 3.30. The maximum Gasteiger partial charge on any atom is 0.260 e. The number of benzene rings is 1. The number of Topliss-reactive ketones (excluding diaryl/α,β-unsaturated/α-hetero) is 1. The molecule has 1 aromatic carbocycles. The van der Waals surface area contributed by atoms with Crippen molar-refractivity contribution in [3.8, 4) is 11.5 Å². The van der Waals surface area contributed by atoms with Crippen LogP contribution in [0.1, 0.15) is 30.6 Å². The van der Waals surface area contributed by atoms with E-state index in [1.54, 1.807) is 41.9 Å². The normalized spacial score (nSPS) is 11.7. The van der Waals surface area contributed by atoms with E-state index < -0.39 is 0 Å². The smallest absolute Gasteiger partial charge is 0.260 e. The molecule has 0 bridgehead atoms. The highest BCUT2D eigenvalue weighted by atomic mass is 32.2. The number of thioether (sulfide) groups is 1. The minimum absolute atomic E-state index is 0.0477. The SMILES string of the molecule is CCC(CSC)N(C)C(=O)COc1ccc(C(C)=O)cc1OC. The van der Waals surface area contributed by atoms with Crippen LogP contribution in [-0.4, -0.2) is 55.4 Å². The topological polar surface area (TPSA) is 55.8 Å². The molecule has 1 rings (SSSR count). The van der Waals surface area contributed by atoms with E-state index in [1.165, 1.54) is 14.0 Å². The van der Waals surface area contributed by atoms with Crippen molar-refractivity contribution in [3.63, 3.8) is 0 Å². The van der Waals surface area contributed by atoms with Crippen LogP contribution in [0.5, 0.6) is 11.5 Å². The molecule has 1 amide bonds. The van der Waals surface area contributed by atoms with Gasteiger partial charge in [-0.25, -0.2) is 0 Å². The van der Waals surface area contributed by atoms with Crippen molar-refractivity contribution < 1.29 is 19.1 Å². The van der Waals surface area contributed by atoms with Crippen LogP contribution in [0.25, 0.3) is 0 Å². The third-order valence-corrected chi connectivity index (χ3v) is 4.41. The van der Waals surface area contributed by atoms with E-state index in [0.29, 0.717) is 17.1 Å². The van der Waals surface area contributed by atoms with Gasteiger partial charge in [0.15, 0.2) is 23.9 Å². The first kappa shape index (κ1) is 19.4. The molecule has 0 N–H and O–H groups in total. The average Bonchev–Trinajstić information content (AvgIpc) is 2.56. The molecule has 128 valence electrons. The van der Waals surface area contributed by atoms with Gasteiger partial charge >= 0.3 is 0 Å². The lowest BCUT2D eigenvalue weighted by Crippen LogP contribution is -2.40. The monoisotopic (exact) mass is 339 g/mol. The van der Waals surface area contributed by atoms with Crippen molar-refractivity contribution in [2.75, 3.05) is 32.8 Å². The zero-order chi connectivity index (χ0) is 17.4. The summed E-state index contributed by atoms with van der Waals surface area (Å²) >= 11 is 1.72. The molecule has 0 aromatic heterocycles. The molecule has 0 heterocycles. The van der Waals surface area contributed by atoms with Gasteiger partial charge in [-0.3, -0.25) is 9.59 Å². The van der Waals surface area contributed by atoms with Crippen LogP contribution in [0.2, 0.25) is 0 Å². The number of rotatable bonds is 9. The Balaban J connectivity index is 2.73. The summed E-state index contributed by atoms with van der Waals surface area (Å²) in [6.45, 7) is 3.50. The molecule has 0 fully saturated rings. The van der Waals surface area contributed by atoms with Crippen LogP contribution in [0.3, 0.4) is 0 Å². The summed E-state index contributed by atoms with van der Waals surface area (Å²) in [5.74, 6) is 1.67. The van der Waals surface area contributed by atoms with Crippen LogP contribution in [0.15, 0.2) is 18.2 Å². The number of likely N-dealkylation sites (N-methyl/N-ethyl adjacent to an activating group) is 1. The van der Waals surface area contributed by atoms with Crippen molar-refractivity contribution >= 4 is 23.5 Å². The van der Waals surface area contributed by atoms with E-state index in [4.69, 9.17) is 9.47 Å². The summed E-state index contributed by atoms with van der Waals surface area (Å²) < 4.78 is 10.8. The van der Waals surface area contributed by atoms with Crippen molar-refractivity contribution in [1.82, 2.24) is 4.90 Å². The third kappa shape index (κ3) is 5.46. The lowest BCUT2D eigenvalue weighted by atomic mass is 10.1. The molecule has 0 radical (unpaired) electrons. The van der Waals surface area contributed by atoms with Crippen LogP contribution < -0.4 is 9.47 Å². The molecule has 0 spiro atoms. The van der Waals surface area contributed by atoms with Crippen LogP contribution in [0, 0.1) is 0 Å². The Hall–Kier alpha value is -1.69. The molecule has 0 saturated carbocycles. The van der Waals surface area contributed by atoms with Gasteiger partial charge in [-0.1, -0.05) is 6.92 Å². The molecule has 5 nitrogen and oxygen atoms in total. The lowest BCUT2D eigenvalue weighted by molar-refractivity contribution is -0.133. The Bertz CT molecular complexity index is 547. The standard InChI is InChI=1S/C17H25NO4S/c1-6-14(11-23-5)18(3)17(20)10-22-15-8-7-13(12(2)19)9-16(15)21-4/h7-9,14H,6,10-11H2,1-5H3. The molecule has 6 heteroatoms. The molecule has 1 unspecified atom stereocenters. The second-order valence-electron chi connectivity index (χ2n) is 5.23. The second kappa shape index (κ2) is 9.45. The largest absolute Gasteiger partial charge is 0.493 e. The minimum atomic E-state index is -0.0800. The van der Waals surface area contributed by atoms with Crippen molar-refractivity contribution in [3.05, 3.63) is 23.8 Å². The number of methoxy groups -OCH3 is 1. The Labute approximate surface area is 142 Å². The van der Waals surface area contributed by atoms with E-state index in [0.717, 1.165) is 12.2 Å². The summed E-state index contributed by atoms with van der Waals surface area (Å²) in [6.07, 6.45) is 2.93. The summed E-state index contributed by atoms with van der Waals surface area (Å²) in [5.41, 5.74) is 0.545. The fraction of sp³-hybridized carbons (Fsp3) is 0.529. The second-order valence-corrected chi connectivity index (χ2v) is 6.14. The molecular weight excluding hydrogens is 314 g/mol. The number of carbonyl (C=O) groups is 2. The summed E-state index contributed by atoms with van der Waals surface area (Å²) in [4.78, 5) is 25.4. The van der Waals surface area contributed by atoms with Crippen LogP contribution >= 0.6 is 11.8 Å². The Kier molecular flexibility index (Phi) is 7.95. The number of ether oxygens (including phenoxy) is 2. The first-order valence-corrected chi connectivity index (χ1v) is 8.90. The first-order valence-electron chi connectivity index (χ1n) is 7.50. The van der Waals surface area contributed by atoms with Gasteiger partial charge in [0, 0.05) is 24.4 Å². The van der Waals surface area contributed by atoms with Crippen LogP contribution in [-0.2, 0) is 4.79 Å². The Morgan fingerprint density at radius 1 is 1.30 bits per heavy atom. The maximum absolute atomic E-state index is 12.3. The summed E-state index contributed by atoms with van der Waals surface area (Å²) in [6, 6.07) is 5.14.